The fourth-order valence-corrected chi connectivity index (χ4v) is 3.01. The van der Waals surface area contributed by atoms with Crippen LogP contribution in [0.15, 0.2) is 72.8 Å². The zero-order valence-electron chi connectivity index (χ0n) is 16.5. The summed E-state index contributed by atoms with van der Waals surface area (Å²) in [5, 5.41) is 16.0. The maximum absolute atomic E-state index is 11.0. The van der Waals surface area contributed by atoms with Crippen LogP contribution in [0, 0.1) is 6.92 Å². The summed E-state index contributed by atoms with van der Waals surface area (Å²) >= 11 is 0. The van der Waals surface area contributed by atoms with Crippen molar-refractivity contribution >= 4 is 17.3 Å². The van der Waals surface area contributed by atoms with Crippen LogP contribution < -0.4 is 15.4 Å². The first-order chi connectivity index (χ1) is 14.1. The van der Waals surface area contributed by atoms with Gasteiger partial charge in [-0.1, -0.05) is 48.0 Å². The number of hydrogen-bond donors (Lipinski definition) is 3. The maximum Gasteiger partial charge on any atom is 0.335 e. The number of aryl methyl sites for hydroxylation is 1. The first kappa shape index (κ1) is 20.3. The number of carboxylic acids is 1. The van der Waals surface area contributed by atoms with E-state index in [0.717, 1.165) is 30.9 Å². The topological polar surface area (TPSA) is 70.6 Å². The lowest BCUT2D eigenvalue weighted by Gasteiger charge is -2.14. The van der Waals surface area contributed by atoms with Gasteiger partial charge in [-0.05, 0) is 49.2 Å². The molecular formula is C24H26N2O3. The second-order valence-electron chi connectivity index (χ2n) is 6.85. The van der Waals surface area contributed by atoms with E-state index in [9.17, 15) is 4.79 Å². The number of ether oxygens (including phenoxy) is 1. The van der Waals surface area contributed by atoms with E-state index in [2.05, 4.69) is 54.0 Å². The van der Waals surface area contributed by atoms with Gasteiger partial charge in [0, 0.05) is 13.1 Å². The van der Waals surface area contributed by atoms with E-state index in [1.165, 1.54) is 11.1 Å². The Morgan fingerprint density at radius 2 is 1.69 bits per heavy atom. The van der Waals surface area contributed by atoms with Gasteiger partial charge in [0.05, 0.1) is 23.5 Å². The molecule has 5 nitrogen and oxygen atoms in total. The molecule has 3 N–H and O–H groups in total. The van der Waals surface area contributed by atoms with Crippen molar-refractivity contribution in [3.05, 3.63) is 89.5 Å². The number of carbonyl (C=O) groups is 1. The van der Waals surface area contributed by atoms with Crippen molar-refractivity contribution in [3.63, 3.8) is 0 Å². The predicted octanol–water partition coefficient (Wildman–Crippen LogP) is 5.19. The van der Waals surface area contributed by atoms with Crippen LogP contribution in [-0.2, 0) is 6.54 Å². The summed E-state index contributed by atoms with van der Waals surface area (Å²) in [4.78, 5) is 11.0. The molecular weight excluding hydrogens is 364 g/mol. The van der Waals surface area contributed by atoms with Crippen LogP contribution in [0.25, 0.3) is 0 Å². The predicted molar refractivity (Wildman–Crippen MR) is 117 cm³/mol. The van der Waals surface area contributed by atoms with E-state index < -0.39 is 5.97 Å². The molecule has 0 aliphatic rings. The number of benzene rings is 3. The zero-order valence-corrected chi connectivity index (χ0v) is 16.5. The summed E-state index contributed by atoms with van der Waals surface area (Å²) in [6.45, 7) is 4.12. The van der Waals surface area contributed by atoms with Gasteiger partial charge in [0.1, 0.15) is 5.75 Å². The van der Waals surface area contributed by atoms with Gasteiger partial charge in [0.15, 0.2) is 0 Å². The lowest BCUT2D eigenvalue weighted by atomic mass is 10.1. The fraction of sp³-hybridized carbons (Fsp3) is 0.208. The van der Waals surface area contributed by atoms with E-state index in [1.807, 2.05) is 12.1 Å². The standard InChI is InChI=1S/C24H26N2O3/c1-18-7-4-8-19(15-18)17-26-23-12-3-2-11-22(23)25-13-6-14-29-21-10-5-9-20(16-21)24(27)28/h2-5,7-12,15-16,25-26H,6,13-14,17H2,1H3,(H,27,28). The molecule has 0 aliphatic heterocycles. The first-order valence-electron chi connectivity index (χ1n) is 9.70. The second kappa shape index (κ2) is 10.2. The van der Waals surface area contributed by atoms with Gasteiger partial charge in [-0.15, -0.1) is 0 Å². The molecule has 0 atom stereocenters. The van der Waals surface area contributed by atoms with Crippen molar-refractivity contribution in [1.29, 1.82) is 0 Å². The van der Waals surface area contributed by atoms with Gasteiger partial charge in [0.2, 0.25) is 0 Å². The average molecular weight is 390 g/mol. The number of carboxylic acid groups (broad SMARTS) is 1. The van der Waals surface area contributed by atoms with Crippen molar-refractivity contribution in [1.82, 2.24) is 0 Å². The number of para-hydroxylation sites is 2. The van der Waals surface area contributed by atoms with E-state index in [-0.39, 0.29) is 5.56 Å². The average Bonchev–Trinajstić information content (AvgIpc) is 2.73. The van der Waals surface area contributed by atoms with Crippen molar-refractivity contribution in [2.75, 3.05) is 23.8 Å². The molecule has 0 radical (unpaired) electrons. The third-order valence-corrected chi connectivity index (χ3v) is 4.48. The normalized spacial score (nSPS) is 10.4. The monoisotopic (exact) mass is 390 g/mol. The molecule has 0 saturated heterocycles. The minimum absolute atomic E-state index is 0.231. The molecule has 0 unspecified atom stereocenters. The molecule has 0 spiro atoms. The summed E-state index contributed by atoms with van der Waals surface area (Å²) in [6.07, 6.45) is 0.795. The van der Waals surface area contributed by atoms with Gasteiger partial charge in [-0.25, -0.2) is 4.79 Å². The van der Waals surface area contributed by atoms with E-state index >= 15 is 0 Å². The number of aromatic carboxylic acids is 1. The van der Waals surface area contributed by atoms with Crippen molar-refractivity contribution in [2.24, 2.45) is 0 Å². The Morgan fingerprint density at radius 1 is 0.931 bits per heavy atom. The summed E-state index contributed by atoms with van der Waals surface area (Å²) in [7, 11) is 0. The van der Waals surface area contributed by atoms with Crippen LogP contribution in [0.5, 0.6) is 5.75 Å². The Bertz CT molecular complexity index is 956. The molecule has 0 aromatic heterocycles. The Labute approximate surface area is 171 Å². The lowest BCUT2D eigenvalue weighted by Crippen LogP contribution is -2.09. The van der Waals surface area contributed by atoms with Gasteiger partial charge < -0.3 is 20.5 Å². The molecule has 29 heavy (non-hydrogen) atoms. The van der Waals surface area contributed by atoms with Gasteiger partial charge in [0.25, 0.3) is 0 Å². The van der Waals surface area contributed by atoms with E-state index in [1.54, 1.807) is 24.3 Å². The van der Waals surface area contributed by atoms with Crippen molar-refractivity contribution in [3.8, 4) is 5.75 Å². The fourth-order valence-electron chi connectivity index (χ4n) is 3.01. The molecule has 0 amide bonds. The SMILES string of the molecule is Cc1cccc(CNc2ccccc2NCCCOc2cccc(C(=O)O)c2)c1. The third-order valence-electron chi connectivity index (χ3n) is 4.48. The van der Waals surface area contributed by atoms with Crippen molar-refractivity contribution in [2.45, 2.75) is 19.9 Å². The summed E-state index contributed by atoms with van der Waals surface area (Å²) in [5.74, 6) is -0.378. The van der Waals surface area contributed by atoms with E-state index in [4.69, 9.17) is 9.84 Å². The summed E-state index contributed by atoms with van der Waals surface area (Å²) < 4.78 is 5.66. The van der Waals surface area contributed by atoms with Gasteiger partial charge >= 0.3 is 5.97 Å². The zero-order chi connectivity index (χ0) is 20.5. The Hall–Kier alpha value is -3.47. The number of anilines is 2. The minimum atomic E-state index is -0.952. The van der Waals surface area contributed by atoms with E-state index in [0.29, 0.717) is 12.4 Å². The number of nitrogens with one attached hydrogen (secondary N) is 2. The minimum Gasteiger partial charge on any atom is -0.494 e. The highest BCUT2D eigenvalue weighted by atomic mass is 16.5. The number of rotatable bonds is 10. The molecule has 0 bridgehead atoms. The van der Waals surface area contributed by atoms with Gasteiger partial charge in [-0.2, -0.15) is 0 Å². The molecule has 0 heterocycles. The smallest absolute Gasteiger partial charge is 0.335 e. The number of hydrogen-bond acceptors (Lipinski definition) is 4. The highest BCUT2D eigenvalue weighted by Gasteiger charge is 2.04. The van der Waals surface area contributed by atoms with Crippen molar-refractivity contribution < 1.29 is 14.6 Å². The molecule has 3 aromatic rings. The molecule has 0 saturated carbocycles. The maximum atomic E-state index is 11.0. The molecule has 5 heteroatoms. The lowest BCUT2D eigenvalue weighted by molar-refractivity contribution is 0.0696. The second-order valence-corrected chi connectivity index (χ2v) is 6.85. The largest absolute Gasteiger partial charge is 0.494 e. The van der Waals surface area contributed by atoms with Crippen LogP contribution in [0.3, 0.4) is 0 Å². The quantitative estimate of drug-likeness (QED) is 0.416. The Balaban J connectivity index is 1.46. The van der Waals surface area contributed by atoms with Crippen LogP contribution >= 0.6 is 0 Å². The molecule has 3 aromatic carbocycles. The Morgan fingerprint density at radius 3 is 2.45 bits per heavy atom. The summed E-state index contributed by atoms with van der Waals surface area (Å²) in [6, 6.07) is 23.2. The van der Waals surface area contributed by atoms with Crippen LogP contribution in [-0.4, -0.2) is 24.2 Å². The van der Waals surface area contributed by atoms with Gasteiger partial charge in [-0.3, -0.25) is 0 Å². The first-order valence-corrected chi connectivity index (χ1v) is 9.70. The molecule has 0 aliphatic carbocycles. The highest BCUT2D eigenvalue weighted by Crippen LogP contribution is 2.22. The summed E-state index contributed by atoms with van der Waals surface area (Å²) in [5.41, 5.74) is 4.84. The Kier molecular flexibility index (Phi) is 7.11. The molecule has 3 rings (SSSR count). The van der Waals surface area contributed by atoms with Crippen LogP contribution in [0.2, 0.25) is 0 Å². The van der Waals surface area contributed by atoms with Crippen LogP contribution in [0.4, 0.5) is 11.4 Å². The molecule has 150 valence electrons. The highest BCUT2D eigenvalue weighted by molar-refractivity contribution is 5.88. The van der Waals surface area contributed by atoms with Crippen LogP contribution in [0.1, 0.15) is 27.9 Å². The molecule has 0 fully saturated rings. The third kappa shape index (κ3) is 6.28.